The standard InChI is InChI=1S/C18H20BrNO2/c1-12-4-9-17(22-3)16(10-12)13(2)20-18(21)11-14-5-7-15(19)8-6-14/h4-10,13H,11H2,1-3H3,(H,20,21). The first-order chi connectivity index (χ1) is 10.5. The molecule has 3 nitrogen and oxygen atoms in total. The fraction of sp³-hybridized carbons (Fsp3) is 0.278. The summed E-state index contributed by atoms with van der Waals surface area (Å²) in [5.74, 6) is 0.792. The minimum Gasteiger partial charge on any atom is -0.496 e. The number of benzene rings is 2. The summed E-state index contributed by atoms with van der Waals surface area (Å²) >= 11 is 3.39. The molecule has 1 unspecified atom stereocenters. The van der Waals surface area contributed by atoms with Crippen LogP contribution in [0.2, 0.25) is 0 Å². The monoisotopic (exact) mass is 361 g/mol. The molecule has 22 heavy (non-hydrogen) atoms. The van der Waals surface area contributed by atoms with Crippen molar-refractivity contribution in [3.8, 4) is 5.75 Å². The normalized spacial score (nSPS) is 11.8. The predicted octanol–water partition coefficient (Wildman–Crippen LogP) is 4.19. The third-order valence-corrected chi connectivity index (χ3v) is 4.04. The molecule has 0 heterocycles. The van der Waals surface area contributed by atoms with Crippen LogP contribution >= 0.6 is 15.9 Å². The van der Waals surface area contributed by atoms with Crippen molar-refractivity contribution < 1.29 is 9.53 Å². The largest absolute Gasteiger partial charge is 0.496 e. The highest BCUT2D eigenvalue weighted by Crippen LogP contribution is 2.26. The van der Waals surface area contributed by atoms with Crippen LogP contribution in [0.4, 0.5) is 0 Å². The number of hydrogen-bond donors (Lipinski definition) is 1. The second-order valence-corrected chi connectivity index (χ2v) is 6.25. The molecule has 0 saturated carbocycles. The first kappa shape index (κ1) is 16.6. The van der Waals surface area contributed by atoms with E-state index in [0.717, 1.165) is 26.9 Å². The van der Waals surface area contributed by atoms with Crippen molar-refractivity contribution in [2.24, 2.45) is 0 Å². The molecule has 0 radical (unpaired) electrons. The van der Waals surface area contributed by atoms with Crippen LogP contribution in [0.25, 0.3) is 0 Å². The van der Waals surface area contributed by atoms with Gasteiger partial charge in [0.1, 0.15) is 5.75 Å². The Kier molecular flexibility index (Phi) is 5.61. The number of aryl methyl sites for hydroxylation is 1. The molecule has 0 aliphatic rings. The first-order valence-corrected chi connectivity index (χ1v) is 7.97. The number of carbonyl (C=O) groups excluding carboxylic acids is 1. The number of amides is 1. The third kappa shape index (κ3) is 4.34. The van der Waals surface area contributed by atoms with Crippen LogP contribution in [-0.2, 0) is 11.2 Å². The van der Waals surface area contributed by atoms with Gasteiger partial charge in [-0.25, -0.2) is 0 Å². The Morgan fingerprint density at radius 3 is 2.55 bits per heavy atom. The van der Waals surface area contributed by atoms with E-state index in [-0.39, 0.29) is 11.9 Å². The lowest BCUT2D eigenvalue weighted by Crippen LogP contribution is -2.28. The molecule has 116 valence electrons. The smallest absolute Gasteiger partial charge is 0.224 e. The third-order valence-electron chi connectivity index (χ3n) is 3.51. The molecule has 0 aliphatic carbocycles. The Labute approximate surface area is 139 Å². The highest BCUT2D eigenvalue weighted by Gasteiger charge is 2.14. The van der Waals surface area contributed by atoms with Crippen molar-refractivity contribution in [1.29, 1.82) is 0 Å². The summed E-state index contributed by atoms with van der Waals surface area (Å²) in [5, 5.41) is 3.03. The minimum atomic E-state index is -0.0993. The van der Waals surface area contributed by atoms with Gasteiger partial charge in [0.25, 0.3) is 0 Å². The van der Waals surface area contributed by atoms with E-state index in [1.54, 1.807) is 7.11 Å². The quantitative estimate of drug-likeness (QED) is 0.866. The van der Waals surface area contributed by atoms with Crippen LogP contribution in [0.1, 0.15) is 29.7 Å². The van der Waals surface area contributed by atoms with Crippen LogP contribution < -0.4 is 10.1 Å². The van der Waals surface area contributed by atoms with Gasteiger partial charge in [-0.05, 0) is 37.6 Å². The number of hydrogen-bond acceptors (Lipinski definition) is 2. The number of ether oxygens (including phenoxy) is 1. The average molecular weight is 362 g/mol. The Morgan fingerprint density at radius 2 is 1.91 bits per heavy atom. The van der Waals surface area contributed by atoms with Gasteiger partial charge in [0, 0.05) is 10.0 Å². The van der Waals surface area contributed by atoms with Gasteiger partial charge < -0.3 is 10.1 Å². The van der Waals surface area contributed by atoms with Crippen LogP contribution in [0.15, 0.2) is 46.9 Å². The van der Waals surface area contributed by atoms with Crippen LogP contribution in [0.3, 0.4) is 0 Å². The highest BCUT2D eigenvalue weighted by atomic mass is 79.9. The van der Waals surface area contributed by atoms with Gasteiger partial charge in [-0.15, -0.1) is 0 Å². The molecule has 2 aromatic carbocycles. The average Bonchev–Trinajstić information content (AvgIpc) is 2.49. The molecule has 1 atom stereocenters. The van der Waals surface area contributed by atoms with E-state index < -0.39 is 0 Å². The lowest BCUT2D eigenvalue weighted by atomic mass is 10.0. The number of halogens is 1. The van der Waals surface area contributed by atoms with Crippen molar-refractivity contribution in [3.05, 3.63) is 63.6 Å². The van der Waals surface area contributed by atoms with Gasteiger partial charge in [-0.3, -0.25) is 4.79 Å². The molecule has 4 heteroatoms. The second-order valence-electron chi connectivity index (χ2n) is 5.34. The van der Waals surface area contributed by atoms with E-state index in [9.17, 15) is 4.79 Å². The fourth-order valence-corrected chi connectivity index (χ4v) is 2.61. The molecular formula is C18H20BrNO2. The van der Waals surface area contributed by atoms with E-state index in [1.807, 2.05) is 56.3 Å². The van der Waals surface area contributed by atoms with Gasteiger partial charge in [-0.1, -0.05) is 45.8 Å². The molecule has 0 saturated heterocycles. The first-order valence-electron chi connectivity index (χ1n) is 7.18. The van der Waals surface area contributed by atoms with Crippen molar-refractivity contribution in [1.82, 2.24) is 5.32 Å². The van der Waals surface area contributed by atoms with Crippen molar-refractivity contribution >= 4 is 21.8 Å². The Balaban J connectivity index is 2.05. The van der Waals surface area contributed by atoms with E-state index in [2.05, 4.69) is 21.2 Å². The predicted molar refractivity (Wildman–Crippen MR) is 92.1 cm³/mol. The zero-order valence-electron chi connectivity index (χ0n) is 13.0. The molecule has 1 amide bonds. The molecule has 0 aromatic heterocycles. The van der Waals surface area contributed by atoms with Gasteiger partial charge in [0.05, 0.1) is 19.6 Å². The van der Waals surface area contributed by atoms with E-state index in [4.69, 9.17) is 4.74 Å². The summed E-state index contributed by atoms with van der Waals surface area (Å²) in [6.07, 6.45) is 0.367. The fourth-order valence-electron chi connectivity index (χ4n) is 2.35. The molecular weight excluding hydrogens is 342 g/mol. The summed E-state index contributed by atoms with van der Waals surface area (Å²) in [5.41, 5.74) is 3.13. The Hall–Kier alpha value is -1.81. The van der Waals surface area contributed by atoms with E-state index in [1.165, 1.54) is 0 Å². The van der Waals surface area contributed by atoms with Gasteiger partial charge in [0.2, 0.25) is 5.91 Å². The van der Waals surface area contributed by atoms with Crippen molar-refractivity contribution in [3.63, 3.8) is 0 Å². The molecule has 0 aliphatic heterocycles. The zero-order chi connectivity index (χ0) is 16.1. The zero-order valence-corrected chi connectivity index (χ0v) is 14.6. The summed E-state index contributed by atoms with van der Waals surface area (Å²) in [6, 6.07) is 13.6. The van der Waals surface area contributed by atoms with Gasteiger partial charge in [0.15, 0.2) is 0 Å². The number of carbonyl (C=O) groups is 1. The highest BCUT2D eigenvalue weighted by molar-refractivity contribution is 9.10. The number of nitrogens with one attached hydrogen (secondary N) is 1. The summed E-state index contributed by atoms with van der Waals surface area (Å²) in [6.45, 7) is 4.00. The van der Waals surface area contributed by atoms with E-state index >= 15 is 0 Å². The van der Waals surface area contributed by atoms with Crippen LogP contribution in [-0.4, -0.2) is 13.0 Å². The maximum atomic E-state index is 12.2. The summed E-state index contributed by atoms with van der Waals surface area (Å²) < 4.78 is 6.39. The molecule has 0 spiro atoms. The summed E-state index contributed by atoms with van der Waals surface area (Å²) in [7, 11) is 1.64. The Bertz CT molecular complexity index is 653. The summed E-state index contributed by atoms with van der Waals surface area (Å²) in [4.78, 5) is 12.2. The van der Waals surface area contributed by atoms with Crippen molar-refractivity contribution in [2.75, 3.05) is 7.11 Å². The topological polar surface area (TPSA) is 38.3 Å². The lowest BCUT2D eigenvalue weighted by molar-refractivity contribution is -0.121. The second kappa shape index (κ2) is 7.45. The van der Waals surface area contributed by atoms with E-state index in [0.29, 0.717) is 6.42 Å². The van der Waals surface area contributed by atoms with Crippen molar-refractivity contribution in [2.45, 2.75) is 26.3 Å². The SMILES string of the molecule is COc1ccc(C)cc1C(C)NC(=O)Cc1ccc(Br)cc1. The van der Waals surface area contributed by atoms with Gasteiger partial charge >= 0.3 is 0 Å². The molecule has 2 aromatic rings. The number of rotatable bonds is 5. The number of methoxy groups -OCH3 is 1. The molecule has 0 bridgehead atoms. The minimum absolute atomic E-state index is 0.00150. The lowest BCUT2D eigenvalue weighted by Gasteiger charge is -2.18. The maximum Gasteiger partial charge on any atom is 0.224 e. The molecule has 1 N–H and O–H groups in total. The Morgan fingerprint density at radius 1 is 1.23 bits per heavy atom. The van der Waals surface area contributed by atoms with Crippen LogP contribution in [0, 0.1) is 6.92 Å². The molecule has 2 rings (SSSR count). The molecule has 0 fully saturated rings. The van der Waals surface area contributed by atoms with Gasteiger partial charge in [-0.2, -0.15) is 0 Å². The van der Waals surface area contributed by atoms with Crippen LogP contribution in [0.5, 0.6) is 5.75 Å². The maximum absolute atomic E-state index is 12.2.